The van der Waals surface area contributed by atoms with E-state index < -0.39 is 22.5 Å². The van der Waals surface area contributed by atoms with E-state index in [9.17, 15) is 24.8 Å². The second-order valence-corrected chi connectivity index (χ2v) is 5.53. The molecule has 0 radical (unpaired) electrons. The standard InChI is InChI=1S/C14H19N3O5/c18-12-4-2-1-3-10(12)7-15-13(19)9-16-8-11(17(21)22)5-6-14(16)20/h5-6,8,10,12,18H,1-4,7,9H2,(H,15,19)/t10-,12+/m0/s1. The fourth-order valence-electron chi connectivity index (χ4n) is 2.63. The summed E-state index contributed by atoms with van der Waals surface area (Å²) in [6.45, 7) is 0.0764. The van der Waals surface area contributed by atoms with Crippen LogP contribution in [0, 0.1) is 16.0 Å². The van der Waals surface area contributed by atoms with Crippen LogP contribution in [0.3, 0.4) is 0 Å². The smallest absolute Gasteiger partial charge is 0.285 e. The molecule has 0 aromatic carbocycles. The van der Waals surface area contributed by atoms with Crippen LogP contribution < -0.4 is 10.9 Å². The predicted molar refractivity (Wildman–Crippen MR) is 78.3 cm³/mol. The molecule has 2 atom stereocenters. The maximum absolute atomic E-state index is 11.9. The number of carbonyl (C=O) groups is 1. The molecule has 1 saturated carbocycles. The highest BCUT2D eigenvalue weighted by molar-refractivity contribution is 5.75. The second kappa shape index (κ2) is 7.17. The van der Waals surface area contributed by atoms with Crippen molar-refractivity contribution in [3.05, 3.63) is 38.8 Å². The van der Waals surface area contributed by atoms with E-state index in [1.165, 1.54) is 0 Å². The molecule has 22 heavy (non-hydrogen) atoms. The van der Waals surface area contributed by atoms with Crippen LogP contribution >= 0.6 is 0 Å². The zero-order valence-electron chi connectivity index (χ0n) is 12.1. The van der Waals surface area contributed by atoms with Gasteiger partial charge in [0.25, 0.3) is 11.2 Å². The highest BCUT2D eigenvalue weighted by atomic mass is 16.6. The first-order valence-electron chi connectivity index (χ1n) is 7.27. The van der Waals surface area contributed by atoms with Gasteiger partial charge in [0.15, 0.2) is 0 Å². The maximum atomic E-state index is 11.9. The van der Waals surface area contributed by atoms with E-state index in [-0.39, 0.29) is 18.2 Å². The number of nitrogens with zero attached hydrogens (tertiary/aromatic N) is 2. The molecule has 0 unspecified atom stereocenters. The second-order valence-electron chi connectivity index (χ2n) is 5.53. The molecular weight excluding hydrogens is 290 g/mol. The molecule has 8 nitrogen and oxygen atoms in total. The summed E-state index contributed by atoms with van der Waals surface area (Å²) in [5.41, 5.74) is -0.714. The van der Waals surface area contributed by atoms with Gasteiger partial charge in [0.05, 0.1) is 17.2 Å². The first-order valence-corrected chi connectivity index (χ1v) is 7.27. The number of rotatable bonds is 5. The Hall–Kier alpha value is -2.22. The summed E-state index contributed by atoms with van der Waals surface area (Å²) in [4.78, 5) is 33.5. The van der Waals surface area contributed by atoms with Gasteiger partial charge in [-0.05, 0) is 12.8 Å². The van der Waals surface area contributed by atoms with Gasteiger partial charge < -0.3 is 10.4 Å². The van der Waals surface area contributed by atoms with Crippen molar-refractivity contribution in [2.75, 3.05) is 6.54 Å². The van der Waals surface area contributed by atoms with Crippen LogP contribution in [0.1, 0.15) is 25.7 Å². The Bertz CT molecular complexity index is 613. The summed E-state index contributed by atoms with van der Waals surface area (Å²) >= 11 is 0. The molecule has 1 fully saturated rings. The van der Waals surface area contributed by atoms with Crippen molar-refractivity contribution in [3.8, 4) is 0 Å². The van der Waals surface area contributed by atoms with Gasteiger partial charge >= 0.3 is 0 Å². The van der Waals surface area contributed by atoms with Crippen LogP contribution in [-0.4, -0.2) is 33.2 Å². The summed E-state index contributed by atoms with van der Waals surface area (Å²) in [5, 5.41) is 23.2. The average molecular weight is 309 g/mol. The van der Waals surface area contributed by atoms with E-state index in [1.54, 1.807) is 0 Å². The molecule has 0 aliphatic heterocycles. The molecule has 120 valence electrons. The summed E-state index contributed by atoms with van der Waals surface area (Å²) in [5.74, 6) is -0.375. The molecule has 1 aromatic rings. The van der Waals surface area contributed by atoms with E-state index in [1.807, 2.05) is 0 Å². The van der Waals surface area contributed by atoms with Crippen molar-refractivity contribution in [1.29, 1.82) is 0 Å². The Labute approximate surface area is 126 Å². The number of hydrogen-bond donors (Lipinski definition) is 2. The van der Waals surface area contributed by atoms with Gasteiger partial charge in [-0.2, -0.15) is 0 Å². The van der Waals surface area contributed by atoms with Gasteiger partial charge in [-0.1, -0.05) is 12.8 Å². The van der Waals surface area contributed by atoms with E-state index in [2.05, 4.69) is 5.32 Å². The number of hydrogen-bond acceptors (Lipinski definition) is 5. The number of amides is 1. The van der Waals surface area contributed by atoms with Crippen molar-refractivity contribution in [3.63, 3.8) is 0 Å². The molecule has 1 amide bonds. The van der Waals surface area contributed by atoms with Crippen molar-refractivity contribution < 1.29 is 14.8 Å². The van der Waals surface area contributed by atoms with Crippen molar-refractivity contribution in [2.45, 2.75) is 38.3 Å². The van der Waals surface area contributed by atoms with Gasteiger partial charge in [0.1, 0.15) is 6.54 Å². The Morgan fingerprint density at radius 2 is 2.14 bits per heavy atom. The highest BCUT2D eigenvalue weighted by Crippen LogP contribution is 2.23. The van der Waals surface area contributed by atoms with E-state index in [4.69, 9.17) is 0 Å². The average Bonchev–Trinajstić information content (AvgIpc) is 2.48. The molecule has 2 N–H and O–H groups in total. The number of aromatic nitrogens is 1. The molecule has 1 aliphatic carbocycles. The minimum atomic E-state index is -0.619. The molecule has 8 heteroatoms. The fourth-order valence-corrected chi connectivity index (χ4v) is 2.63. The molecule has 1 aromatic heterocycles. The number of carbonyl (C=O) groups excluding carboxylic acids is 1. The Morgan fingerprint density at radius 3 is 2.82 bits per heavy atom. The van der Waals surface area contributed by atoms with Crippen LogP contribution in [0.4, 0.5) is 5.69 Å². The Balaban J connectivity index is 1.93. The SMILES string of the molecule is O=C(Cn1cc([N+](=O)[O-])ccc1=O)NC[C@@H]1CCCC[C@H]1O. The maximum Gasteiger partial charge on any atom is 0.285 e. The van der Waals surface area contributed by atoms with Crippen LogP contribution in [0.5, 0.6) is 0 Å². The third kappa shape index (κ3) is 4.14. The number of aliphatic hydroxyl groups is 1. The van der Waals surface area contributed by atoms with Gasteiger partial charge in [-0.25, -0.2) is 0 Å². The van der Waals surface area contributed by atoms with Crippen LogP contribution in [0.2, 0.25) is 0 Å². The lowest BCUT2D eigenvalue weighted by atomic mass is 9.86. The fraction of sp³-hybridized carbons (Fsp3) is 0.571. The third-order valence-electron chi connectivity index (χ3n) is 3.92. The molecule has 1 aliphatic rings. The monoisotopic (exact) mass is 309 g/mol. The normalized spacial score (nSPS) is 21.3. The van der Waals surface area contributed by atoms with Gasteiger partial charge in [0, 0.05) is 24.6 Å². The largest absolute Gasteiger partial charge is 0.393 e. The first kappa shape index (κ1) is 16.2. The van der Waals surface area contributed by atoms with E-state index in [0.29, 0.717) is 6.54 Å². The van der Waals surface area contributed by atoms with E-state index >= 15 is 0 Å². The number of nitro groups is 1. The van der Waals surface area contributed by atoms with Gasteiger partial charge in [-0.3, -0.25) is 24.3 Å². The third-order valence-corrected chi connectivity index (χ3v) is 3.92. The lowest BCUT2D eigenvalue weighted by Crippen LogP contribution is -2.39. The minimum Gasteiger partial charge on any atom is -0.393 e. The Kier molecular flexibility index (Phi) is 5.26. The molecule has 1 heterocycles. The summed E-state index contributed by atoms with van der Waals surface area (Å²) in [6.07, 6.45) is 4.27. The van der Waals surface area contributed by atoms with Crippen molar-refractivity contribution in [1.82, 2.24) is 9.88 Å². The molecule has 0 saturated heterocycles. The highest BCUT2D eigenvalue weighted by Gasteiger charge is 2.23. The summed E-state index contributed by atoms with van der Waals surface area (Å²) in [7, 11) is 0. The lowest BCUT2D eigenvalue weighted by molar-refractivity contribution is -0.385. The molecular formula is C14H19N3O5. The quantitative estimate of drug-likeness (QED) is 0.604. The number of nitrogens with one attached hydrogen (secondary N) is 1. The summed E-state index contributed by atoms with van der Waals surface area (Å²) < 4.78 is 1.00. The number of pyridine rings is 1. The van der Waals surface area contributed by atoms with Gasteiger partial charge in [0.2, 0.25) is 5.91 Å². The van der Waals surface area contributed by atoms with Crippen LogP contribution in [0.15, 0.2) is 23.1 Å². The molecule has 0 bridgehead atoms. The van der Waals surface area contributed by atoms with E-state index in [0.717, 1.165) is 48.6 Å². The zero-order valence-corrected chi connectivity index (χ0v) is 12.1. The topological polar surface area (TPSA) is 114 Å². The zero-order chi connectivity index (χ0) is 16.1. The minimum absolute atomic E-state index is 0.0273. The van der Waals surface area contributed by atoms with Crippen LogP contribution in [0.25, 0.3) is 0 Å². The molecule has 2 rings (SSSR count). The van der Waals surface area contributed by atoms with Crippen LogP contribution in [-0.2, 0) is 11.3 Å². The summed E-state index contributed by atoms with van der Waals surface area (Å²) in [6, 6.07) is 2.17. The number of aliphatic hydroxyl groups excluding tert-OH is 1. The van der Waals surface area contributed by atoms with Gasteiger partial charge in [-0.15, -0.1) is 0 Å². The first-order chi connectivity index (χ1) is 10.5. The Morgan fingerprint density at radius 1 is 1.41 bits per heavy atom. The predicted octanol–water partition coefficient (Wildman–Crippen LogP) is 0.424. The van der Waals surface area contributed by atoms with Crippen molar-refractivity contribution in [2.24, 2.45) is 5.92 Å². The molecule has 0 spiro atoms. The lowest BCUT2D eigenvalue weighted by Gasteiger charge is -2.27. The van der Waals surface area contributed by atoms with Crippen molar-refractivity contribution >= 4 is 11.6 Å².